The summed E-state index contributed by atoms with van der Waals surface area (Å²) in [4.78, 5) is 11.5. The van der Waals surface area contributed by atoms with Gasteiger partial charge in [0.15, 0.2) is 0 Å². The third-order valence-corrected chi connectivity index (χ3v) is 4.35. The molecule has 25 heavy (non-hydrogen) atoms. The third-order valence-electron chi connectivity index (χ3n) is 4.35. The van der Waals surface area contributed by atoms with Gasteiger partial charge in [0.1, 0.15) is 23.7 Å². The van der Waals surface area contributed by atoms with E-state index in [1.54, 1.807) is 12.1 Å². The zero-order valence-corrected chi connectivity index (χ0v) is 13.7. The summed E-state index contributed by atoms with van der Waals surface area (Å²) in [6.07, 6.45) is 0. The fraction of sp³-hybridized carbons (Fsp3) is 0.0952. The topological polar surface area (TPSA) is 59.7 Å². The molecule has 0 radical (unpaired) electrons. The molecule has 0 atom stereocenters. The van der Waals surface area contributed by atoms with Crippen molar-refractivity contribution >= 4 is 21.7 Å². The lowest BCUT2D eigenvalue weighted by atomic mass is 10.1. The molecule has 0 saturated carbocycles. The van der Waals surface area contributed by atoms with E-state index < -0.39 is 5.63 Å². The fourth-order valence-corrected chi connectivity index (χ4v) is 3.06. The molecular formula is C21H16O4. The van der Waals surface area contributed by atoms with Gasteiger partial charge in [-0.3, -0.25) is 0 Å². The lowest BCUT2D eigenvalue weighted by Gasteiger charge is -2.12. The summed E-state index contributed by atoms with van der Waals surface area (Å²) in [5, 5.41) is 12.7. The van der Waals surface area contributed by atoms with Crippen molar-refractivity contribution in [3.8, 4) is 11.5 Å². The van der Waals surface area contributed by atoms with E-state index in [0.29, 0.717) is 28.9 Å². The van der Waals surface area contributed by atoms with Gasteiger partial charge in [-0.25, -0.2) is 4.79 Å². The van der Waals surface area contributed by atoms with E-state index >= 15 is 0 Å². The Kier molecular flexibility index (Phi) is 3.65. The van der Waals surface area contributed by atoms with Crippen LogP contribution in [-0.2, 0) is 6.61 Å². The predicted octanol–water partition coefficient (Wildman–Crippen LogP) is 4.54. The molecule has 0 aliphatic rings. The number of aryl methyl sites for hydroxylation is 1. The molecule has 3 aromatic carbocycles. The van der Waals surface area contributed by atoms with Crippen LogP contribution in [0.25, 0.3) is 21.7 Å². The van der Waals surface area contributed by atoms with Crippen LogP contribution < -0.4 is 10.4 Å². The quantitative estimate of drug-likeness (QED) is 0.560. The number of hydrogen-bond acceptors (Lipinski definition) is 4. The number of ether oxygens (including phenoxy) is 1. The summed E-state index contributed by atoms with van der Waals surface area (Å²) >= 11 is 0. The van der Waals surface area contributed by atoms with E-state index in [0.717, 1.165) is 22.4 Å². The van der Waals surface area contributed by atoms with Crippen molar-refractivity contribution < 1.29 is 14.3 Å². The molecule has 0 saturated heterocycles. The van der Waals surface area contributed by atoms with Gasteiger partial charge in [0.05, 0.1) is 11.5 Å². The minimum atomic E-state index is -0.584. The van der Waals surface area contributed by atoms with Gasteiger partial charge in [0.2, 0.25) is 0 Å². The summed E-state index contributed by atoms with van der Waals surface area (Å²) in [6.45, 7) is 2.21. The summed E-state index contributed by atoms with van der Waals surface area (Å²) in [5.74, 6) is 0.532. The molecule has 4 nitrogen and oxygen atoms in total. The van der Waals surface area contributed by atoms with E-state index in [4.69, 9.17) is 9.15 Å². The maximum absolute atomic E-state index is 11.5. The highest BCUT2D eigenvalue weighted by Gasteiger charge is 2.12. The van der Waals surface area contributed by atoms with Crippen LogP contribution in [0, 0.1) is 6.92 Å². The van der Waals surface area contributed by atoms with Crippen molar-refractivity contribution in [3.05, 3.63) is 82.2 Å². The van der Waals surface area contributed by atoms with E-state index in [-0.39, 0.29) is 5.75 Å². The molecule has 0 aliphatic heterocycles. The average Bonchev–Trinajstić information content (AvgIpc) is 2.61. The molecule has 0 aliphatic carbocycles. The van der Waals surface area contributed by atoms with Crippen molar-refractivity contribution in [2.75, 3.05) is 0 Å². The predicted molar refractivity (Wildman–Crippen MR) is 97.2 cm³/mol. The van der Waals surface area contributed by atoms with Crippen molar-refractivity contribution in [2.24, 2.45) is 0 Å². The molecule has 1 heterocycles. The molecule has 4 aromatic rings. The highest BCUT2D eigenvalue weighted by atomic mass is 16.5. The number of rotatable bonds is 3. The number of benzene rings is 3. The summed E-state index contributed by atoms with van der Waals surface area (Å²) < 4.78 is 11.2. The Hall–Kier alpha value is -3.27. The largest absolute Gasteiger partial charge is 0.507 e. The summed E-state index contributed by atoms with van der Waals surface area (Å²) in [6, 6.07) is 18.8. The van der Waals surface area contributed by atoms with Crippen LogP contribution in [-0.4, -0.2) is 5.11 Å². The molecule has 0 fully saturated rings. The summed E-state index contributed by atoms with van der Waals surface area (Å²) in [5.41, 5.74) is 1.53. The second kappa shape index (κ2) is 5.98. The molecule has 0 amide bonds. The minimum absolute atomic E-state index is 0.0880. The molecule has 0 bridgehead atoms. The zero-order valence-electron chi connectivity index (χ0n) is 13.7. The molecule has 4 heteroatoms. The zero-order chi connectivity index (χ0) is 17.4. The Morgan fingerprint density at radius 3 is 2.68 bits per heavy atom. The van der Waals surface area contributed by atoms with E-state index in [9.17, 15) is 9.90 Å². The average molecular weight is 332 g/mol. The van der Waals surface area contributed by atoms with Gasteiger partial charge in [-0.15, -0.1) is 0 Å². The number of aromatic hydroxyl groups is 1. The van der Waals surface area contributed by atoms with Gasteiger partial charge in [0.25, 0.3) is 0 Å². The summed E-state index contributed by atoms with van der Waals surface area (Å²) in [7, 11) is 0. The first-order valence-electron chi connectivity index (χ1n) is 7.99. The maximum atomic E-state index is 11.5. The van der Waals surface area contributed by atoms with E-state index in [1.807, 2.05) is 31.2 Å². The lowest BCUT2D eigenvalue weighted by molar-refractivity contribution is 0.305. The number of hydrogen-bond donors (Lipinski definition) is 1. The Morgan fingerprint density at radius 1 is 1.00 bits per heavy atom. The van der Waals surface area contributed by atoms with Crippen LogP contribution >= 0.6 is 0 Å². The smallest absolute Gasteiger partial charge is 0.339 e. The highest BCUT2D eigenvalue weighted by molar-refractivity contribution is 5.87. The Morgan fingerprint density at radius 2 is 1.80 bits per heavy atom. The van der Waals surface area contributed by atoms with Gasteiger partial charge in [-0.1, -0.05) is 42.5 Å². The molecule has 1 N–H and O–H groups in total. The first-order chi connectivity index (χ1) is 12.1. The van der Waals surface area contributed by atoms with Crippen LogP contribution in [0.5, 0.6) is 11.5 Å². The van der Waals surface area contributed by atoms with E-state index in [1.165, 1.54) is 0 Å². The van der Waals surface area contributed by atoms with Crippen LogP contribution in [0.3, 0.4) is 0 Å². The van der Waals surface area contributed by atoms with Gasteiger partial charge in [-0.05, 0) is 35.4 Å². The van der Waals surface area contributed by atoms with E-state index in [2.05, 4.69) is 18.2 Å². The molecular weight excluding hydrogens is 316 g/mol. The monoisotopic (exact) mass is 332 g/mol. The Balaban J connectivity index is 1.71. The molecule has 0 spiro atoms. The van der Waals surface area contributed by atoms with Gasteiger partial charge in [-0.2, -0.15) is 0 Å². The normalized spacial score (nSPS) is 11.1. The van der Waals surface area contributed by atoms with Gasteiger partial charge >= 0.3 is 5.63 Å². The SMILES string of the molecule is Cc1c(OCc2cccc3ccccc23)ccc2c(O)cc(=O)oc12. The van der Waals surface area contributed by atoms with Crippen molar-refractivity contribution in [2.45, 2.75) is 13.5 Å². The maximum Gasteiger partial charge on any atom is 0.339 e. The van der Waals surface area contributed by atoms with Crippen molar-refractivity contribution in [1.29, 1.82) is 0 Å². The standard InChI is InChI=1S/C21H16O4/c1-13-19(10-9-17-18(22)11-20(23)25-21(13)17)24-12-15-7-4-6-14-5-2-3-8-16(14)15/h2-11,22H,12H2,1H3. The first kappa shape index (κ1) is 15.3. The van der Waals surface area contributed by atoms with Crippen LogP contribution in [0.4, 0.5) is 0 Å². The van der Waals surface area contributed by atoms with Crippen molar-refractivity contribution in [3.63, 3.8) is 0 Å². The van der Waals surface area contributed by atoms with Crippen LogP contribution in [0.1, 0.15) is 11.1 Å². The molecule has 0 unspecified atom stereocenters. The third kappa shape index (κ3) is 2.72. The van der Waals surface area contributed by atoms with Crippen LogP contribution in [0.15, 0.2) is 69.9 Å². The highest BCUT2D eigenvalue weighted by Crippen LogP contribution is 2.31. The second-order valence-corrected chi connectivity index (χ2v) is 5.94. The Bertz CT molecular complexity index is 1140. The number of fused-ring (bicyclic) bond motifs is 2. The fourth-order valence-electron chi connectivity index (χ4n) is 3.06. The minimum Gasteiger partial charge on any atom is -0.507 e. The van der Waals surface area contributed by atoms with Gasteiger partial charge < -0.3 is 14.3 Å². The van der Waals surface area contributed by atoms with Crippen molar-refractivity contribution in [1.82, 2.24) is 0 Å². The second-order valence-electron chi connectivity index (χ2n) is 5.94. The van der Waals surface area contributed by atoms with Crippen LogP contribution in [0.2, 0.25) is 0 Å². The molecule has 1 aromatic heterocycles. The molecule has 4 rings (SSSR count). The lowest BCUT2D eigenvalue weighted by Crippen LogP contribution is -2.00. The molecule has 124 valence electrons. The first-order valence-corrected chi connectivity index (χ1v) is 7.99. The Labute approximate surface area is 143 Å². The van der Waals surface area contributed by atoms with Gasteiger partial charge in [0, 0.05) is 5.56 Å².